The number of hydrogen-bond acceptors (Lipinski definition) is 1. The van der Waals surface area contributed by atoms with Crippen LogP contribution in [0.2, 0.25) is 0 Å². The fourth-order valence-corrected chi connectivity index (χ4v) is 2.20. The van der Waals surface area contributed by atoms with Crippen LogP contribution in [0.4, 0.5) is 4.39 Å². The van der Waals surface area contributed by atoms with E-state index >= 15 is 0 Å². The van der Waals surface area contributed by atoms with E-state index < -0.39 is 6.10 Å². The second-order valence-electron chi connectivity index (χ2n) is 3.56. The quantitative estimate of drug-likeness (QED) is 0.745. The maximum atomic E-state index is 13.5. The highest BCUT2D eigenvalue weighted by Crippen LogP contribution is 2.38. The van der Waals surface area contributed by atoms with Crippen molar-refractivity contribution in [3.8, 4) is 0 Å². The molecule has 0 unspecified atom stereocenters. The van der Waals surface area contributed by atoms with E-state index in [1.165, 1.54) is 0 Å². The van der Waals surface area contributed by atoms with Crippen LogP contribution in [0.15, 0.2) is 16.6 Å². The van der Waals surface area contributed by atoms with Gasteiger partial charge < -0.3 is 5.11 Å². The summed E-state index contributed by atoms with van der Waals surface area (Å²) in [5.74, 6) is -0.0975. The largest absolute Gasteiger partial charge is 0.388 e. The summed E-state index contributed by atoms with van der Waals surface area (Å²) in [5.41, 5.74) is 1.41. The minimum atomic E-state index is -0.502. The zero-order valence-corrected chi connectivity index (χ0v) is 8.81. The molecule has 0 spiro atoms. The summed E-state index contributed by atoms with van der Waals surface area (Å²) in [6, 6.07) is 3.44. The number of rotatable bonds is 0. The maximum Gasteiger partial charge on any atom is 0.140 e. The Kier molecular flexibility index (Phi) is 2.16. The smallest absolute Gasteiger partial charge is 0.140 e. The van der Waals surface area contributed by atoms with E-state index in [4.69, 9.17) is 0 Å². The summed E-state index contributed by atoms with van der Waals surface area (Å²) in [6.45, 7) is 1.93. The molecule has 0 saturated heterocycles. The van der Waals surface area contributed by atoms with Crippen LogP contribution in [-0.4, -0.2) is 5.11 Å². The zero-order chi connectivity index (χ0) is 9.59. The molecule has 0 radical (unpaired) electrons. The molecule has 1 aromatic carbocycles. The Hall–Kier alpha value is -0.410. The van der Waals surface area contributed by atoms with Crippen LogP contribution in [0, 0.1) is 11.7 Å². The number of halogens is 2. The first-order valence-electron chi connectivity index (χ1n) is 4.26. The standard InChI is InChI=1S/C10H10BrFO/c1-5-4-7-6(10(5)13)2-3-8(11)9(7)12/h2-3,5,10,13H,4H2,1H3/t5-,10+/m1/s1. The molecule has 0 saturated carbocycles. The second-order valence-corrected chi connectivity index (χ2v) is 4.41. The van der Waals surface area contributed by atoms with Crippen LogP contribution in [-0.2, 0) is 6.42 Å². The van der Waals surface area contributed by atoms with Crippen LogP contribution in [0.3, 0.4) is 0 Å². The zero-order valence-electron chi connectivity index (χ0n) is 7.22. The van der Waals surface area contributed by atoms with Gasteiger partial charge in [0.2, 0.25) is 0 Å². The van der Waals surface area contributed by atoms with Crippen molar-refractivity contribution in [2.75, 3.05) is 0 Å². The van der Waals surface area contributed by atoms with Crippen LogP contribution in [0.1, 0.15) is 24.2 Å². The van der Waals surface area contributed by atoms with Crippen LogP contribution in [0.25, 0.3) is 0 Å². The van der Waals surface area contributed by atoms with Crippen molar-refractivity contribution in [2.24, 2.45) is 5.92 Å². The van der Waals surface area contributed by atoms with E-state index in [9.17, 15) is 9.50 Å². The Morgan fingerprint density at radius 2 is 2.23 bits per heavy atom. The van der Waals surface area contributed by atoms with Gasteiger partial charge in [-0.3, -0.25) is 0 Å². The molecule has 1 aliphatic carbocycles. The van der Waals surface area contributed by atoms with Gasteiger partial charge in [0.1, 0.15) is 5.82 Å². The van der Waals surface area contributed by atoms with Gasteiger partial charge in [-0.1, -0.05) is 13.0 Å². The summed E-state index contributed by atoms with van der Waals surface area (Å²) >= 11 is 3.13. The van der Waals surface area contributed by atoms with Crippen molar-refractivity contribution in [1.82, 2.24) is 0 Å². The number of aliphatic hydroxyl groups excluding tert-OH is 1. The van der Waals surface area contributed by atoms with Gasteiger partial charge in [-0.25, -0.2) is 4.39 Å². The lowest BCUT2D eigenvalue weighted by Gasteiger charge is -2.07. The van der Waals surface area contributed by atoms with Gasteiger partial charge in [0, 0.05) is 0 Å². The van der Waals surface area contributed by atoms with E-state index in [1.54, 1.807) is 12.1 Å². The molecule has 2 atom stereocenters. The van der Waals surface area contributed by atoms with Crippen LogP contribution < -0.4 is 0 Å². The molecule has 0 aliphatic heterocycles. The van der Waals surface area contributed by atoms with E-state index in [0.717, 1.165) is 5.56 Å². The lowest BCUT2D eigenvalue weighted by molar-refractivity contribution is 0.133. The Balaban J connectivity index is 2.57. The molecular weight excluding hydrogens is 235 g/mol. The molecule has 1 nitrogen and oxygen atoms in total. The van der Waals surface area contributed by atoms with Crippen molar-refractivity contribution in [1.29, 1.82) is 0 Å². The van der Waals surface area contributed by atoms with Gasteiger partial charge >= 0.3 is 0 Å². The monoisotopic (exact) mass is 244 g/mol. The highest BCUT2D eigenvalue weighted by atomic mass is 79.9. The normalized spacial score (nSPS) is 26.2. The molecule has 1 N–H and O–H groups in total. The van der Waals surface area contributed by atoms with E-state index in [2.05, 4.69) is 15.9 Å². The van der Waals surface area contributed by atoms with E-state index in [1.807, 2.05) is 6.92 Å². The fourth-order valence-electron chi connectivity index (χ4n) is 1.83. The predicted octanol–water partition coefficient (Wildman–Crippen LogP) is 2.81. The van der Waals surface area contributed by atoms with E-state index in [-0.39, 0.29) is 11.7 Å². The van der Waals surface area contributed by atoms with Crippen LogP contribution in [0.5, 0.6) is 0 Å². The average molecular weight is 245 g/mol. The number of hydrogen-bond donors (Lipinski definition) is 1. The first-order valence-corrected chi connectivity index (χ1v) is 5.05. The van der Waals surface area contributed by atoms with Gasteiger partial charge in [-0.2, -0.15) is 0 Å². The molecule has 0 fully saturated rings. The highest BCUT2D eigenvalue weighted by Gasteiger charge is 2.30. The predicted molar refractivity (Wildman–Crippen MR) is 51.9 cm³/mol. The summed E-state index contributed by atoms with van der Waals surface area (Å²) < 4.78 is 14.0. The molecule has 13 heavy (non-hydrogen) atoms. The minimum absolute atomic E-state index is 0.124. The van der Waals surface area contributed by atoms with E-state index in [0.29, 0.717) is 16.5 Å². The summed E-state index contributed by atoms with van der Waals surface area (Å²) in [4.78, 5) is 0. The third kappa shape index (κ3) is 1.30. The van der Waals surface area contributed by atoms with Gasteiger partial charge in [-0.05, 0) is 45.5 Å². The van der Waals surface area contributed by atoms with Crippen LogP contribution >= 0.6 is 15.9 Å². The van der Waals surface area contributed by atoms with Gasteiger partial charge in [0.15, 0.2) is 0 Å². The van der Waals surface area contributed by atoms with Gasteiger partial charge in [0.25, 0.3) is 0 Å². The first-order chi connectivity index (χ1) is 6.11. The lowest BCUT2D eigenvalue weighted by Crippen LogP contribution is -2.00. The summed E-state index contributed by atoms with van der Waals surface area (Å²) in [6.07, 6.45) is 0.125. The summed E-state index contributed by atoms with van der Waals surface area (Å²) in [5, 5.41) is 9.68. The van der Waals surface area contributed by atoms with Crippen molar-refractivity contribution in [2.45, 2.75) is 19.4 Å². The van der Waals surface area contributed by atoms with Crippen molar-refractivity contribution < 1.29 is 9.50 Å². The fraction of sp³-hybridized carbons (Fsp3) is 0.400. The highest BCUT2D eigenvalue weighted by molar-refractivity contribution is 9.10. The Morgan fingerprint density at radius 1 is 1.54 bits per heavy atom. The molecule has 0 heterocycles. The first kappa shape index (κ1) is 9.16. The number of fused-ring (bicyclic) bond motifs is 1. The van der Waals surface area contributed by atoms with Gasteiger partial charge in [-0.15, -0.1) is 0 Å². The van der Waals surface area contributed by atoms with Crippen molar-refractivity contribution in [3.05, 3.63) is 33.5 Å². The molecule has 1 aromatic rings. The topological polar surface area (TPSA) is 20.2 Å². The third-order valence-electron chi connectivity index (χ3n) is 2.62. The molecule has 70 valence electrons. The molecule has 2 rings (SSSR count). The maximum absolute atomic E-state index is 13.5. The SMILES string of the molecule is C[C@@H]1Cc2c(ccc(Br)c2F)[C@H]1O. The third-order valence-corrected chi connectivity index (χ3v) is 3.23. The van der Waals surface area contributed by atoms with Crippen molar-refractivity contribution in [3.63, 3.8) is 0 Å². The second kappa shape index (κ2) is 3.07. The molecule has 3 heteroatoms. The lowest BCUT2D eigenvalue weighted by atomic mass is 10.1. The molecule has 0 aromatic heterocycles. The number of aliphatic hydroxyl groups is 1. The Labute approximate surface area is 84.7 Å². The molecular formula is C10H10BrFO. The Bertz CT molecular complexity index is 351. The molecule has 1 aliphatic rings. The van der Waals surface area contributed by atoms with Gasteiger partial charge in [0.05, 0.1) is 10.6 Å². The molecule has 0 bridgehead atoms. The number of benzene rings is 1. The molecule has 0 amide bonds. The average Bonchev–Trinajstić information content (AvgIpc) is 2.38. The summed E-state index contributed by atoms with van der Waals surface area (Å²) in [7, 11) is 0. The van der Waals surface area contributed by atoms with Crippen molar-refractivity contribution >= 4 is 15.9 Å². The Morgan fingerprint density at radius 3 is 2.92 bits per heavy atom. The minimum Gasteiger partial charge on any atom is -0.388 e.